The molecule has 22 heavy (non-hydrogen) atoms. The summed E-state index contributed by atoms with van der Waals surface area (Å²) in [4.78, 5) is 15.8. The third kappa shape index (κ3) is 3.61. The fourth-order valence-electron chi connectivity index (χ4n) is 2.41. The van der Waals surface area contributed by atoms with Crippen LogP contribution in [0, 0.1) is 5.82 Å². The van der Waals surface area contributed by atoms with Crippen molar-refractivity contribution in [2.75, 3.05) is 11.9 Å². The molecular formula is C14H17ClFN5O. The Morgan fingerprint density at radius 3 is 2.91 bits per heavy atom. The minimum atomic E-state index is -0.463. The summed E-state index contributed by atoms with van der Waals surface area (Å²) < 4.78 is 15.4. The molecule has 1 aromatic carbocycles. The molecule has 1 aliphatic rings. The molecular weight excluding hydrogens is 309 g/mol. The minimum Gasteiger partial charge on any atom is -0.325 e. The van der Waals surface area contributed by atoms with E-state index in [1.165, 1.54) is 23.4 Å². The molecule has 2 heterocycles. The number of hydrogen-bond donors (Lipinski definition) is 2. The Balaban J connectivity index is 0.00000176. The van der Waals surface area contributed by atoms with Crippen LogP contribution >= 0.6 is 12.4 Å². The molecule has 118 valence electrons. The van der Waals surface area contributed by atoms with Crippen molar-refractivity contribution in [3.63, 3.8) is 0 Å². The zero-order valence-corrected chi connectivity index (χ0v) is 12.6. The zero-order valence-electron chi connectivity index (χ0n) is 11.8. The Kier molecular flexibility index (Phi) is 5.46. The molecule has 3 rings (SSSR count). The molecule has 1 saturated heterocycles. The Hall–Kier alpha value is -1.99. The maximum atomic E-state index is 14.1. The first-order chi connectivity index (χ1) is 10.2. The lowest BCUT2D eigenvalue weighted by Crippen LogP contribution is -2.43. The Morgan fingerprint density at radius 2 is 2.27 bits per heavy atom. The summed E-state index contributed by atoms with van der Waals surface area (Å²) >= 11 is 0. The van der Waals surface area contributed by atoms with E-state index in [9.17, 15) is 9.18 Å². The van der Waals surface area contributed by atoms with Gasteiger partial charge in [-0.2, -0.15) is 5.10 Å². The van der Waals surface area contributed by atoms with Crippen molar-refractivity contribution in [3.8, 4) is 5.69 Å². The predicted molar refractivity (Wildman–Crippen MR) is 82.8 cm³/mol. The van der Waals surface area contributed by atoms with Crippen LogP contribution in [0.4, 0.5) is 10.1 Å². The second kappa shape index (κ2) is 7.33. The normalized spacial score (nSPS) is 17.6. The summed E-state index contributed by atoms with van der Waals surface area (Å²) in [5.74, 6) is -0.586. The summed E-state index contributed by atoms with van der Waals surface area (Å²) in [6.45, 7) is 0.845. The quantitative estimate of drug-likeness (QED) is 0.904. The molecule has 0 unspecified atom stereocenters. The molecule has 6 nitrogen and oxygen atoms in total. The van der Waals surface area contributed by atoms with Gasteiger partial charge in [0.15, 0.2) is 5.82 Å². The van der Waals surface area contributed by atoms with Crippen LogP contribution in [0.1, 0.15) is 19.3 Å². The second-order valence-corrected chi connectivity index (χ2v) is 5.00. The van der Waals surface area contributed by atoms with Gasteiger partial charge in [-0.1, -0.05) is 6.42 Å². The van der Waals surface area contributed by atoms with E-state index in [1.807, 2.05) is 0 Å². The smallest absolute Gasteiger partial charge is 0.241 e. The maximum Gasteiger partial charge on any atom is 0.241 e. The largest absolute Gasteiger partial charge is 0.325 e. The van der Waals surface area contributed by atoms with Crippen molar-refractivity contribution in [2.45, 2.75) is 25.3 Å². The summed E-state index contributed by atoms with van der Waals surface area (Å²) in [5.41, 5.74) is 0.732. The number of halogens is 2. The number of hydrogen-bond acceptors (Lipinski definition) is 4. The Labute approximate surface area is 133 Å². The number of anilines is 1. The van der Waals surface area contributed by atoms with Gasteiger partial charge in [-0.15, -0.1) is 12.4 Å². The highest BCUT2D eigenvalue weighted by molar-refractivity contribution is 5.95. The Bertz CT molecular complexity index is 628. The molecule has 2 N–H and O–H groups in total. The lowest BCUT2D eigenvalue weighted by Gasteiger charge is -2.22. The average molecular weight is 326 g/mol. The van der Waals surface area contributed by atoms with Crippen LogP contribution in [0.5, 0.6) is 0 Å². The molecule has 1 fully saturated rings. The Morgan fingerprint density at radius 1 is 1.41 bits per heavy atom. The third-order valence-corrected chi connectivity index (χ3v) is 3.51. The summed E-state index contributed by atoms with van der Waals surface area (Å²) in [5, 5.41) is 9.78. The molecule has 0 radical (unpaired) electrons. The average Bonchev–Trinajstić information content (AvgIpc) is 3.02. The summed E-state index contributed by atoms with van der Waals surface area (Å²) in [6.07, 6.45) is 5.69. The number of piperidine rings is 1. The van der Waals surface area contributed by atoms with Gasteiger partial charge in [0, 0.05) is 5.69 Å². The van der Waals surface area contributed by atoms with Gasteiger partial charge in [-0.3, -0.25) is 4.79 Å². The molecule has 0 spiro atoms. The number of rotatable bonds is 3. The van der Waals surface area contributed by atoms with Crippen LogP contribution in [0.3, 0.4) is 0 Å². The van der Waals surface area contributed by atoms with Crippen LogP contribution in [-0.2, 0) is 4.79 Å². The minimum absolute atomic E-state index is 0. The van der Waals surface area contributed by atoms with E-state index in [4.69, 9.17) is 0 Å². The number of benzene rings is 1. The fraction of sp³-hybridized carbons (Fsp3) is 0.357. The number of amides is 1. The number of aromatic nitrogens is 3. The number of carbonyl (C=O) groups excluding carboxylic acids is 1. The van der Waals surface area contributed by atoms with E-state index in [1.54, 1.807) is 12.1 Å². The van der Waals surface area contributed by atoms with E-state index >= 15 is 0 Å². The number of nitrogens with zero attached hydrogens (tertiary/aromatic N) is 3. The van der Waals surface area contributed by atoms with Crippen molar-refractivity contribution in [1.29, 1.82) is 0 Å². The van der Waals surface area contributed by atoms with E-state index in [0.29, 0.717) is 11.4 Å². The molecule has 1 atom stereocenters. The lowest BCUT2D eigenvalue weighted by molar-refractivity contribution is -0.118. The van der Waals surface area contributed by atoms with Crippen LogP contribution in [0.25, 0.3) is 5.69 Å². The summed E-state index contributed by atoms with van der Waals surface area (Å²) in [6, 6.07) is 4.31. The molecule has 1 aromatic heterocycles. The van der Waals surface area contributed by atoms with Crippen molar-refractivity contribution in [3.05, 3.63) is 36.7 Å². The van der Waals surface area contributed by atoms with Gasteiger partial charge in [0.05, 0.1) is 6.04 Å². The fourth-order valence-corrected chi connectivity index (χ4v) is 2.41. The summed E-state index contributed by atoms with van der Waals surface area (Å²) in [7, 11) is 0. The number of carbonyl (C=O) groups is 1. The van der Waals surface area contributed by atoms with Gasteiger partial charge in [-0.25, -0.2) is 14.1 Å². The molecule has 0 aliphatic carbocycles. The molecule has 0 bridgehead atoms. The standard InChI is InChI=1S/C14H16FN5O.ClH/c15-11-7-10(4-5-13(11)20-9-16-8-18-20)19-14(21)12-3-1-2-6-17-12;/h4-5,7-9,12,17H,1-3,6H2,(H,19,21);1H/t12-;/m1./s1. The second-order valence-electron chi connectivity index (χ2n) is 5.00. The monoisotopic (exact) mass is 325 g/mol. The maximum absolute atomic E-state index is 14.1. The highest BCUT2D eigenvalue weighted by atomic mass is 35.5. The lowest BCUT2D eigenvalue weighted by atomic mass is 10.0. The first-order valence-corrected chi connectivity index (χ1v) is 6.93. The molecule has 0 saturated carbocycles. The predicted octanol–water partition coefficient (Wildman–Crippen LogP) is 1.91. The zero-order chi connectivity index (χ0) is 14.7. The van der Waals surface area contributed by atoms with E-state index in [2.05, 4.69) is 20.7 Å². The van der Waals surface area contributed by atoms with Gasteiger partial charge in [0.1, 0.15) is 18.3 Å². The van der Waals surface area contributed by atoms with Crippen LogP contribution in [-0.4, -0.2) is 33.3 Å². The SMILES string of the molecule is Cl.O=C(Nc1ccc(-n2cncn2)c(F)c1)[C@H]1CCCCN1. The first kappa shape index (κ1) is 16.4. The van der Waals surface area contributed by atoms with E-state index in [-0.39, 0.29) is 24.4 Å². The first-order valence-electron chi connectivity index (χ1n) is 6.93. The van der Waals surface area contributed by atoms with Gasteiger partial charge in [-0.05, 0) is 37.6 Å². The molecule has 8 heteroatoms. The van der Waals surface area contributed by atoms with Gasteiger partial charge < -0.3 is 10.6 Å². The van der Waals surface area contributed by atoms with E-state index < -0.39 is 5.82 Å². The third-order valence-electron chi connectivity index (χ3n) is 3.51. The van der Waals surface area contributed by atoms with E-state index in [0.717, 1.165) is 25.8 Å². The van der Waals surface area contributed by atoms with Gasteiger partial charge in [0.2, 0.25) is 5.91 Å². The van der Waals surface area contributed by atoms with Crippen molar-refractivity contribution < 1.29 is 9.18 Å². The van der Waals surface area contributed by atoms with Crippen LogP contribution in [0.2, 0.25) is 0 Å². The highest BCUT2D eigenvalue weighted by Gasteiger charge is 2.20. The number of nitrogens with one attached hydrogen (secondary N) is 2. The van der Waals surface area contributed by atoms with Crippen LogP contribution in [0.15, 0.2) is 30.9 Å². The van der Waals surface area contributed by atoms with Gasteiger partial charge in [0.25, 0.3) is 0 Å². The van der Waals surface area contributed by atoms with Crippen LogP contribution < -0.4 is 10.6 Å². The van der Waals surface area contributed by atoms with Gasteiger partial charge >= 0.3 is 0 Å². The van der Waals surface area contributed by atoms with Crippen molar-refractivity contribution in [2.24, 2.45) is 0 Å². The van der Waals surface area contributed by atoms with Crippen molar-refractivity contribution >= 4 is 24.0 Å². The highest BCUT2D eigenvalue weighted by Crippen LogP contribution is 2.18. The topological polar surface area (TPSA) is 71.8 Å². The molecule has 2 aromatic rings. The van der Waals surface area contributed by atoms with Crippen molar-refractivity contribution in [1.82, 2.24) is 20.1 Å². The molecule has 1 amide bonds. The molecule has 1 aliphatic heterocycles.